The number of carbonyl (C=O) groups is 1. The minimum Gasteiger partial charge on any atom is -0.394 e. The molecule has 1 amide bonds. The first-order chi connectivity index (χ1) is 8.06. The van der Waals surface area contributed by atoms with Crippen molar-refractivity contribution in [2.24, 2.45) is 0 Å². The second-order valence-corrected chi connectivity index (χ2v) is 4.36. The van der Waals surface area contributed by atoms with Crippen molar-refractivity contribution in [3.05, 3.63) is 29.0 Å². The van der Waals surface area contributed by atoms with Crippen molar-refractivity contribution in [2.75, 3.05) is 6.61 Å². The first-order valence-electron chi connectivity index (χ1n) is 5.62. The van der Waals surface area contributed by atoms with Gasteiger partial charge in [-0.05, 0) is 25.0 Å². The van der Waals surface area contributed by atoms with E-state index in [-0.39, 0.29) is 12.5 Å². The molecule has 0 saturated carbocycles. The fourth-order valence-corrected chi connectivity index (χ4v) is 1.62. The smallest absolute Gasteiger partial charge is 0.253 e. The quantitative estimate of drug-likeness (QED) is 0.793. The lowest BCUT2D eigenvalue weighted by Crippen LogP contribution is -2.50. The molecule has 4 nitrogen and oxygen atoms in total. The van der Waals surface area contributed by atoms with Crippen LogP contribution < -0.4 is 5.32 Å². The predicted molar refractivity (Wildman–Crippen MR) is 67.1 cm³/mol. The van der Waals surface area contributed by atoms with Gasteiger partial charge in [0, 0.05) is 6.20 Å². The van der Waals surface area contributed by atoms with Crippen LogP contribution in [-0.2, 0) is 0 Å². The maximum atomic E-state index is 11.9. The molecule has 5 heteroatoms. The predicted octanol–water partition coefficient (Wildman–Crippen LogP) is 2.02. The highest BCUT2D eigenvalue weighted by atomic mass is 35.5. The first-order valence-corrected chi connectivity index (χ1v) is 5.99. The molecule has 0 saturated heterocycles. The summed E-state index contributed by atoms with van der Waals surface area (Å²) in [6.45, 7) is 3.78. The van der Waals surface area contributed by atoms with Crippen LogP contribution in [0.1, 0.15) is 37.0 Å². The molecule has 0 bridgehead atoms. The molecule has 17 heavy (non-hydrogen) atoms. The van der Waals surface area contributed by atoms with Gasteiger partial charge >= 0.3 is 0 Å². The SMILES string of the molecule is CCC(CC)(CO)NC(=O)c1ccc(Cl)nc1. The van der Waals surface area contributed by atoms with Gasteiger partial charge in [-0.15, -0.1) is 0 Å². The summed E-state index contributed by atoms with van der Waals surface area (Å²) in [5, 5.41) is 12.6. The molecule has 2 N–H and O–H groups in total. The number of carbonyl (C=O) groups excluding carboxylic acids is 1. The minimum atomic E-state index is -0.559. The highest BCUT2D eigenvalue weighted by molar-refractivity contribution is 6.29. The van der Waals surface area contributed by atoms with Crippen LogP contribution >= 0.6 is 11.6 Å². The Balaban J connectivity index is 2.81. The number of hydrogen-bond donors (Lipinski definition) is 2. The summed E-state index contributed by atoms with van der Waals surface area (Å²) in [6, 6.07) is 3.17. The van der Waals surface area contributed by atoms with Gasteiger partial charge in [0.15, 0.2) is 0 Å². The largest absolute Gasteiger partial charge is 0.394 e. The van der Waals surface area contributed by atoms with E-state index in [0.717, 1.165) is 0 Å². The molecule has 0 radical (unpaired) electrons. The molecule has 1 aromatic heterocycles. The Kier molecular flexibility index (Phi) is 4.90. The summed E-state index contributed by atoms with van der Waals surface area (Å²) in [7, 11) is 0. The van der Waals surface area contributed by atoms with Gasteiger partial charge in [-0.1, -0.05) is 25.4 Å². The van der Waals surface area contributed by atoms with Gasteiger partial charge in [0.1, 0.15) is 5.15 Å². The number of aliphatic hydroxyl groups is 1. The summed E-state index contributed by atoms with van der Waals surface area (Å²) < 4.78 is 0. The van der Waals surface area contributed by atoms with E-state index in [1.165, 1.54) is 6.20 Å². The number of hydrogen-bond acceptors (Lipinski definition) is 3. The van der Waals surface area contributed by atoms with Gasteiger partial charge in [-0.25, -0.2) is 4.98 Å². The highest BCUT2D eigenvalue weighted by Gasteiger charge is 2.27. The second-order valence-electron chi connectivity index (χ2n) is 3.97. The van der Waals surface area contributed by atoms with Crippen LogP contribution in [0.15, 0.2) is 18.3 Å². The van der Waals surface area contributed by atoms with Crippen molar-refractivity contribution in [1.82, 2.24) is 10.3 Å². The molecule has 0 spiro atoms. The van der Waals surface area contributed by atoms with Crippen molar-refractivity contribution in [1.29, 1.82) is 0 Å². The van der Waals surface area contributed by atoms with Crippen LogP contribution in [-0.4, -0.2) is 28.1 Å². The molecule has 0 aliphatic rings. The third kappa shape index (κ3) is 3.41. The molecule has 0 unspecified atom stereocenters. The van der Waals surface area contributed by atoms with Crippen molar-refractivity contribution >= 4 is 17.5 Å². The van der Waals surface area contributed by atoms with Gasteiger partial charge in [0.25, 0.3) is 5.91 Å². The van der Waals surface area contributed by atoms with E-state index < -0.39 is 5.54 Å². The molecule has 0 atom stereocenters. The Bertz CT molecular complexity index is 366. The average molecular weight is 257 g/mol. The Morgan fingerprint density at radius 2 is 2.12 bits per heavy atom. The molecule has 94 valence electrons. The van der Waals surface area contributed by atoms with Crippen LogP contribution in [0.4, 0.5) is 0 Å². The van der Waals surface area contributed by atoms with Gasteiger partial charge in [-0.2, -0.15) is 0 Å². The summed E-state index contributed by atoms with van der Waals surface area (Å²) in [6.07, 6.45) is 2.77. The number of rotatable bonds is 5. The topological polar surface area (TPSA) is 62.2 Å². The van der Waals surface area contributed by atoms with Crippen LogP contribution in [0.5, 0.6) is 0 Å². The first kappa shape index (κ1) is 13.9. The number of aliphatic hydroxyl groups excluding tert-OH is 1. The summed E-state index contributed by atoms with van der Waals surface area (Å²) in [5.41, 5.74) is -0.120. The molecular weight excluding hydrogens is 240 g/mol. The standard InChI is InChI=1S/C12H17ClN2O2/c1-3-12(4-2,8-16)15-11(17)9-5-6-10(13)14-7-9/h5-7,16H,3-4,8H2,1-2H3,(H,15,17). The van der Waals surface area contributed by atoms with Crippen molar-refractivity contribution in [2.45, 2.75) is 32.2 Å². The number of aromatic nitrogens is 1. The van der Waals surface area contributed by atoms with E-state index in [2.05, 4.69) is 10.3 Å². The summed E-state index contributed by atoms with van der Waals surface area (Å²) >= 11 is 5.65. The molecule has 1 rings (SSSR count). The normalized spacial score (nSPS) is 11.3. The monoisotopic (exact) mass is 256 g/mol. The molecule has 0 fully saturated rings. The second kappa shape index (κ2) is 5.98. The van der Waals surface area contributed by atoms with Crippen molar-refractivity contribution < 1.29 is 9.90 Å². The van der Waals surface area contributed by atoms with E-state index in [9.17, 15) is 9.90 Å². The van der Waals surface area contributed by atoms with E-state index in [0.29, 0.717) is 23.6 Å². The fourth-order valence-electron chi connectivity index (χ4n) is 1.51. The third-order valence-corrected chi connectivity index (χ3v) is 3.25. The zero-order valence-electron chi connectivity index (χ0n) is 10.0. The van der Waals surface area contributed by atoms with E-state index in [4.69, 9.17) is 11.6 Å². The average Bonchev–Trinajstić information content (AvgIpc) is 2.37. The molecule has 1 heterocycles. The number of nitrogens with zero attached hydrogens (tertiary/aromatic N) is 1. The number of halogens is 1. The Morgan fingerprint density at radius 1 is 1.47 bits per heavy atom. The highest BCUT2D eigenvalue weighted by Crippen LogP contribution is 2.15. The number of pyridine rings is 1. The van der Waals surface area contributed by atoms with Crippen LogP contribution in [0.2, 0.25) is 5.15 Å². The van der Waals surface area contributed by atoms with E-state index in [1.54, 1.807) is 12.1 Å². The molecule has 1 aromatic rings. The van der Waals surface area contributed by atoms with Crippen molar-refractivity contribution in [3.63, 3.8) is 0 Å². The summed E-state index contributed by atoms with van der Waals surface area (Å²) in [4.78, 5) is 15.8. The molecule has 0 aliphatic carbocycles. The lowest BCUT2D eigenvalue weighted by molar-refractivity contribution is 0.0817. The third-order valence-electron chi connectivity index (χ3n) is 3.02. The number of nitrogens with one attached hydrogen (secondary N) is 1. The van der Waals surface area contributed by atoms with Crippen molar-refractivity contribution in [3.8, 4) is 0 Å². The molecule has 0 aromatic carbocycles. The zero-order chi connectivity index (χ0) is 12.9. The lowest BCUT2D eigenvalue weighted by atomic mass is 9.93. The van der Waals surface area contributed by atoms with Gasteiger partial charge in [-0.3, -0.25) is 4.79 Å². The summed E-state index contributed by atoms with van der Waals surface area (Å²) in [5.74, 6) is -0.244. The molecular formula is C12H17ClN2O2. The Labute approximate surface area is 106 Å². The Hall–Kier alpha value is -1.13. The van der Waals surface area contributed by atoms with E-state index >= 15 is 0 Å². The van der Waals surface area contributed by atoms with Crippen LogP contribution in [0.25, 0.3) is 0 Å². The maximum Gasteiger partial charge on any atom is 0.253 e. The fraction of sp³-hybridized carbons (Fsp3) is 0.500. The van der Waals surface area contributed by atoms with Gasteiger partial charge in [0.2, 0.25) is 0 Å². The van der Waals surface area contributed by atoms with Gasteiger partial charge in [0.05, 0.1) is 17.7 Å². The Morgan fingerprint density at radius 3 is 2.53 bits per heavy atom. The van der Waals surface area contributed by atoms with E-state index in [1.807, 2.05) is 13.8 Å². The minimum absolute atomic E-state index is 0.0766. The number of amides is 1. The lowest BCUT2D eigenvalue weighted by Gasteiger charge is -2.30. The maximum absolute atomic E-state index is 11.9. The van der Waals surface area contributed by atoms with Gasteiger partial charge < -0.3 is 10.4 Å². The molecule has 0 aliphatic heterocycles. The zero-order valence-corrected chi connectivity index (χ0v) is 10.8. The van der Waals surface area contributed by atoms with Crippen LogP contribution in [0.3, 0.4) is 0 Å². The van der Waals surface area contributed by atoms with Crippen LogP contribution in [0, 0.1) is 0 Å².